The van der Waals surface area contributed by atoms with Crippen LogP contribution >= 0.6 is 23.2 Å². The van der Waals surface area contributed by atoms with Crippen LogP contribution in [0.2, 0.25) is 10.0 Å². The smallest absolute Gasteiger partial charge is 0.305 e. The molecule has 0 unspecified atom stereocenters. The van der Waals surface area contributed by atoms with E-state index in [1.165, 1.54) is 0 Å². The molecule has 0 bridgehead atoms. The van der Waals surface area contributed by atoms with Gasteiger partial charge in [0.15, 0.2) is 5.76 Å². The van der Waals surface area contributed by atoms with Crippen LogP contribution in [0.15, 0.2) is 34.7 Å². The Hall–Kier alpha value is -2.18. The highest BCUT2D eigenvalue weighted by Gasteiger charge is 2.11. The quantitative estimate of drug-likeness (QED) is 0.562. The van der Waals surface area contributed by atoms with Crippen molar-refractivity contribution in [2.24, 2.45) is 0 Å². The van der Waals surface area contributed by atoms with Gasteiger partial charge in [-0.05, 0) is 36.8 Å². The molecule has 2 aromatic rings. The van der Waals surface area contributed by atoms with Crippen LogP contribution in [-0.4, -0.2) is 18.4 Å². The molecule has 2 rings (SSSR count). The zero-order chi connectivity index (χ0) is 18.2. The van der Waals surface area contributed by atoms with Crippen molar-refractivity contribution in [2.45, 2.75) is 26.2 Å². The SMILES string of the molecule is CCc1ccc(C(=O)NNC(=O)CCCOc2ccc(Cl)cc2Cl)o1. The summed E-state index contributed by atoms with van der Waals surface area (Å²) in [5.74, 6) is 0.523. The van der Waals surface area contributed by atoms with E-state index in [1.807, 2.05) is 6.92 Å². The minimum Gasteiger partial charge on any atom is -0.492 e. The summed E-state index contributed by atoms with van der Waals surface area (Å²) in [4.78, 5) is 23.5. The van der Waals surface area contributed by atoms with Crippen LogP contribution in [0.5, 0.6) is 5.75 Å². The summed E-state index contributed by atoms with van der Waals surface area (Å²) in [5, 5.41) is 0.934. The van der Waals surface area contributed by atoms with Gasteiger partial charge in [0, 0.05) is 17.9 Å². The highest BCUT2D eigenvalue weighted by Crippen LogP contribution is 2.27. The monoisotopic (exact) mass is 384 g/mol. The number of furan rings is 1. The fourth-order valence-electron chi connectivity index (χ4n) is 1.95. The van der Waals surface area contributed by atoms with Crippen molar-refractivity contribution in [3.63, 3.8) is 0 Å². The van der Waals surface area contributed by atoms with Gasteiger partial charge in [-0.25, -0.2) is 0 Å². The lowest BCUT2D eigenvalue weighted by Gasteiger charge is -2.09. The van der Waals surface area contributed by atoms with Gasteiger partial charge in [-0.1, -0.05) is 30.1 Å². The third-order valence-corrected chi connectivity index (χ3v) is 3.78. The summed E-state index contributed by atoms with van der Waals surface area (Å²) >= 11 is 11.8. The minimum atomic E-state index is -0.503. The van der Waals surface area contributed by atoms with E-state index in [-0.39, 0.29) is 18.1 Å². The Kier molecular flexibility index (Phi) is 7.16. The van der Waals surface area contributed by atoms with Crippen LogP contribution in [0, 0.1) is 0 Å². The lowest BCUT2D eigenvalue weighted by atomic mass is 10.3. The van der Waals surface area contributed by atoms with Gasteiger partial charge in [-0.2, -0.15) is 0 Å². The van der Waals surface area contributed by atoms with Crippen molar-refractivity contribution in [1.29, 1.82) is 0 Å². The van der Waals surface area contributed by atoms with Crippen molar-refractivity contribution in [3.05, 3.63) is 51.9 Å². The first-order valence-corrected chi connectivity index (χ1v) is 8.51. The van der Waals surface area contributed by atoms with Crippen LogP contribution in [-0.2, 0) is 11.2 Å². The van der Waals surface area contributed by atoms with E-state index in [2.05, 4.69) is 10.9 Å². The van der Waals surface area contributed by atoms with E-state index in [1.54, 1.807) is 30.3 Å². The summed E-state index contributed by atoms with van der Waals surface area (Å²) in [6.45, 7) is 2.22. The van der Waals surface area contributed by atoms with Crippen LogP contribution < -0.4 is 15.6 Å². The number of nitrogens with one attached hydrogen (secondary N) is 2. The molecule has 1 aromatic carbocycles. The van der Waals surface area contributed by atoms with Crippen molar-refractivity contribution >= 4 is 35.0 Å². The van der Waals surface area contributed by atoms with Crippen molar-refractivity contribution in [3.8, 4) is 5.75 Å². The standard InChI is InChI=1S/C17H18Cl2N2O4/c1-2-12-6-8-15(25-12)17(23)21-20-16(22)4-3-9-24-14-7-5-11(18)10-13(14)19/h5-8,10H,2-4,9H2,1H3,(H,20,22)(H,21,23). The molecule has 8 heteroatoms. The molecule has 6 nitrogen and oxygen atoms in total. The van der Waals surface area contributed by atoms with Gasteiger partial charge in [0.1, 0.15) is 11.5 Å². The number of aryl methyl sites for hydroxylation is 1. The van der Waals surface area contributed by atoms with E-state index >= 15 is 0 Å². The molecule has 0 radical (unpaired) electrons. The Morgan fingerprint density at radius 1 is 1.16 bits per heavy atom. The number of ether oxygens (including phenoxy) is 1. The fourth-order valence-corrected chi connectivity index (χ4v) is 2.41. The van der Waals surface area contributed by atoms with Gasteiger partial charge in [0.2, 0.25) is 5.91 Å². The van der Waals surface area contributed by atoms with E-state index in [0.29, 0.717) is 41.0 Å². The Labute approximate surface area is 155 Å². The number of hydrazine groups is 1. The molecular weight excluding hydrogens is 367 g/mol. The first-order chi connectivity index (χ1) is 12.0. The van der Waals surface area contributed by atoms with Crippen LogP contribution in [0.4, 0.5) is 0 Å². The lowest BCUT2D eigenvalue weighted by molar-refractivity contribution is -0.122. The summed E-state index contributed by atoms with van der Waals surface area (Å²) in [6, 6.07) is 8.20. The Morgan fingerprint density at radius 2 is 1.96 bits per heavy atom. The normalized spacial score (nSPS) is 10.4. The summed E-state index contributed by atoms with van der Waals surface area (Å²) in [7, 11) is 0. The number of hydrogen-bond donors (Lipinski definition) is 2. The number of rotatable bonds is 7. The number of carbonyl (C=O) groups excluding carboxylic acids is 2. The Morgan fingerprint density at radius 3 is 2.64 bits per heavy atom. The Bertz CT molecular complexity index is 746. The largest absolute Gasteiger partial charge is 0.492 e. The lowest BCUT2D eigenvalue weighted by Crippen LogP contribution is -2.41. The molecule has 2 amide bonds. The zero-order valence-corrected chi connectivity index (χ0v) is 15.1. The maximum absolute atomic E-state index is 11.8. The molecule has 0 aliphatic rings. The minimum absolute atomic E-state index is 0.151. The van der Waals surface area contributed by atoms with Gasteiger partial charge in [-0.15, -0.1) is 0 Å². The van der Waals surface area contributed by atoms with Crippen molar-refractivity contribution in [1.82, 2.24) is 10.9 Å². The van der Waals surface area contributed by atoms with Gasteiger partial charge < -0.3 is 9.15 Å². The molecule has 0 saturated heterocycles. The fraction of sp³-hybridized carbons (Fsp3) is 0.294. The molecule has 134 valence electrons. The topological polar surface area (TPSA) is 80.6 Å². The average Bonchev–Trinajstić information content (AvgIpc) is 3.07. The first-order valence-electron chi connectivity index (χ1n) is 7.75. The van der Waals surface area contributed by atoms with Crippen LogP contribution in [0.3, 0.4) is 0 Å². The van der Waals surface area contributed by atoms with E-state index < -0.39 is 5.91 Å². The maximum Gasteiger partial charge on any atom is 0.305 e. The maximum atomic E-state index is 11.8. The number of benzene rings is 1. The second-order valence-corrected chi connectivity index (χ2v) is 5.99. The summed E-state index contributed by atoms with van der Waals surface area (Å²) in [6.07, 6.45) is 1.34. The van der Waals surface area contributed by atoms with Gasteiger partial charge >= 0.3 is 5.91 Å². The Balaban J connectivity index is 1.66. The predicted molar refractivity (Wildman–Crippen MR) is 94.9 cm³/mol. The molecule has 0 spiro atoms. The molecule has 25 heavy (non-hydrogen) atoms. The van der Waals surface area contributed by atoms with Gasteiger partial charge in [0.25, 0.3) is 0 Å². The average molecular weight is 385 g/mol. The molecule has 2 N–H and O–H groups in total. The highest BCUT2D eigenvalue weighted by molar-refractivity contribution is 6.35. The highest BCUT2D eigenvalue weighted by atomic mass is 35.5. The van der Waals surface area contributed by atoms with Crippen molar-refractivity contribution < 1.29 is 18.7 Å². The third-order valence-electron chi connectivity index (χ3n) is 3.25. The summed E-state index contributed by atoms with van der Waals surface area (Å²) in [5.41, 5.74) is 4.63. The van der Waals surface area contributed by atoms with E-state index in [9.17, 15) is 9.59 Å². The number of hydrogen-bond acceptors (Lipinski definition) is 4. The molecule has 1 heterocycles. The van der Waals surface area contributed by atoms with Crippen LogP contribution in [0.25, 0.3) is 0 Å². The van der Waals surface area contributed by atoms with E-state index in [4.69, 9.17) is 32.4 Å². The number of carbonyl (C=O) groups is 2. The first kappa shape index (κ1) is 19.1. The molecule has 0 fully saturated rings. The molecule has 0 aliphatic carbocycles. The molecule has 0 atom stereocenters. The number of halogens is 2. The second-order valence-electron chi connectivity index (χ2n) is 5.15. The van der Waals surface area contributed by atoms with Crippen molar-refractivity contribution in [2.75, 3.05) is 6.61 Å². The molecule has 0 saturated carbocycles. The number of amides is 2. The zero-order valence-electron chi connectivity index (χ0n) is 13.6. The predicted octanol–water partition coefficient (Wildman–Crippen LogP) is 3.77. The third kappa shape index (κ3) is 5.99. The van der Waals surface area contributed by atoms with Crippen LogP contribution in [0.1, 0.15) is 36.1 Å². The van der Waals surface area contributed by atoms with E-state index in [0.717, 1.165) is 0 Å². The van der Waals surface area contributed by atoms with Gasteiger partial charge in [-0.3, -0.25) is 20.4 Å². The molecule has 0 aliphatic heterocycles. The molecular formula is C17H18Cl2N2O4. The second kappa shape index (κ2) is 9.34. The molecule has 1 aromatic heterocycles. The summed E-state index contributed by atoms with van der Waals surface area (Å²) < 4.78 is 10.8. The van der Waals surface area contributed by atoms with Gasteiger partial charge in [0.05, 0.1) is 11.6 Å².